The third kappa shape index (κ3) is 25.8. The van der Waals surface area contributed by atoms with E-state index in [1.807, 2.05) is 24.3 Å². The van der Waals surface area contributed by atoms with Crippen molar-refractivity contribution < 1.29 is 76.4 Å². The molecule has 0 fully saturated rings. The molecule has 6 amide bonds. The number of alkyl carbamates (subject to hydrolysis) is 1. The maximum atomic E-state index is 13.4. The van der Waals surface area contributed by atoms with Crippen molar-refractivity contribution in [2.45, 2.75) is 57.7 Å². The summed E-state index contributed by atoms with van der Waals surface area (Å²) in [4.78, 5) is 62.7. The number of ether oxygens (including phenoxy) is 10. The van der Waals surface area contributed by atoms with Gasteiger partial charge >= 0.3 is 12.1 Å². The fourth-order valence-corrected chi connectivity index (χ4v) is 7.65. The third-order valence-corrected chi connectivity index (χ3v) is 11.6. The molecular weight excluding hydrogens is 989 g/mol. The van der Waals surface area contributed by atoms with E-state index in [1.54, 1.807) is 38.1 Å². The van der Waals surface area contributed by atoms with E-state index in [9.17, 15) is 29.1 Å². The van der Waals surface area contributed by atoms with Crippen LogP contribution in [0.15, 0.2) is 72.8 Å². The van der Waals surface area contributed by atoms with Crippen LogP contribution in [-0.4, -0.2) is 186 Å². The molecular formula is C54H80N6O16. The Bertz CT molecular complexity index is 2070. The van der Waals surface area contributed by atoms with Gasteiger partial charge in [-0.05, 0) is 58.7 Å². The van der Waals surface area contributed by atoms with Gasteiger partial charge in [0, 0.05) is 31.1 Å². The number of carbonyl (C=O) groups excluding carboxylic acids is 5. The number of aliphatic hydroxyl groups excluding tert-OH is 1. The zero-order chi connectivity index (χ0) is 54.4. The SMILES string of the molecule is CC(C)[C@H](NC(=O)CCOCCOCCOCCOCCOCCOCCOCCOCCOCCNC(=O)OCC1c2ccccc2-c2ccccc21)C(=O)N[C@@H](CCCNC(N)=O)C(=O)Nc1ccc(CO)cc1. The van der Waals surface area contributed by atoms with Gasteiger partial charge in [-0.15, -0.1) is 0 Å². The van der Waals surface area contributed by atoms with E-state index in [1.165, 1.54) is 22.3 Å². The molecule has 2 atom stereocenters. The molecule has 22 heteroatoms. The number of anilines is 1. The summed E-state index contributed by atoms with van der Waals surface area (Å²) < 4.78 is 55.3. The van der Waals surface area contributed by atoms with Gasteiger partial charge in [0.1, 0.15) is 18.7 Å². The Morgan fingerprint density at radius 1 is 0.553 bits per heavy atom. The molecule has 0 unspecified atom stereocenters. The van der Waals surface area contributed by atoms with Crippen LogP contribution in [0.3, 0.4) is 0 Å². The molecule has 0 heterocycles. The summed E-state index contributed by atoms with van der Waals surface area (Å²) in [7, 11) is 0. The maximum absolute atomic E-state index is 13.4. The van der Waals surface area contributed by atoms with E-state index >= 15 is 0 Å². The molecule has 422 valence electrons. The van der Waals surface area contributed by atoms with Crippen molar-refractivity contribution >= 4 is 35.5 Å². The number of urea groups is 1. The Hall–Kier alpha value is -5.79. The van der Waals surface area contributed by atoms with Gasteiger partial charge in [-0.25, -0.2) is 9.59 Å². The van der Waals surface area contributed by atoms with Crippen molar-refractivity contribution in [3.8, 4) is 11.1 Å². The van der Waals surface area contributed by atoms with Crippen molar-refractivity contribution in [1.82, 2.24) is 21.3 Å². The number of hydrogen-bond acceptors (Lipinski definition) is 16. The monoisotopic (exact) mass is 1070 g/mol. The number of benzene rings is 3. The van der Waals surface area contributed by atoms with Crippen molar-refractivity contribution in [2.24, 2.45) is 11.7 Å². The lowest BCUT2D eigenvalue weighted by atomic mass is 9.98. The number of rotatable bonds is 43. The van der Waals surface area contributed by atoms with Gasteiger partial charge in [-0.1, -0.05) is 74.5 Å². The van der Waals surface area contributed by atoms with Crippen molar-refractivity contribution in [1.29, 1.82) is 0 Å². The molecule has 4 rings (SSSR count). The summed E-state index contributed by atoms with van der Waals surface area (Å²) >= 11 is 0. The van der Waals surface area contributed by atoms with Gasteiger partial charge in [-0.3, -0.25) is 14.4 Å². The Kier molecular flexibility index (Phi) is 32.0. The number of amides is 6. The predicted molar refractivity (Wildman–Crippen MR) is 282 cm³/mol. The number of hydrogen-bond donors (Lipinski definition) is 7. The molecule has 0 saturated heterocycles. The summed E-state index contributed by atoms with van der Waals surface area (Å²) in [6, 6.07) is 20.4. The van der Waals surface area contributed by atoms with Crippen LogP contribution in [0.1, 0.15) is 55.7 Å². The number of fused-ring (bicyclic) bond motifs is 3. The highest BCUT2D eigenvalue weighted by atomic mass is 16.6. The van der Waals surface area contributed by atoms with Crippen LogP contribution in [0.5, 0.6) is 0 Å². The standard InChI is InChI=1S/C54H80N6O16/c1-40(2)50(52(64)59-48(12-7-18-56-53(55)65)51(63)58-42-15-13-41(38-61)14-16-42)60-49(62)17-20-67-22-24-69-26-28-71-30-32-73-34-36-75-37-35-74-33-31-72-29-27-70-25-23-68-21-19-57-54(66)76-39-47-45-10-5-3-8-43(45)44-9-4-6-11-46(44)47/h3-6,8-11,13-16,40,47-48,50,61H,7,12,17-39H2,1-2H3,(H,57,66)(H,58,63)(H,59,64)(H,60,62)(H3,55,56,65)/t48-,50-/m0/s1. The Morgan fingerprint density at radius 3 is 1.47 bits per heavy atom. The Labute approximate surface area is 446 Å². The predicted octanol–water partition coefficient (Wildman–Crippen LogP) is 3.27. The average molecular weight is 1070 g/mol. The molecule has 0 aliphatic heterocycles. The fraction of sp³-hybridized carbons (Fsp3) is 0.574. The van der Waals surface area contributed by atoms with Crippen LogP contribution in [0.2, 0.25) is 0 Å². The number of aliphatic hydroxyl groups is 1. The van der Waals surface area contributed by atoms with E-state index in [0.29, 0.717) is 130 Å². The van der Waals surface area contributed by atoms with Crippen molar-refractivity contribution in [2.75, 3.05) is 144 Å². The first kappa shape index (κ1) is 62.7. The molecule has 1 aliphatic rings. The van der Waals surface area contributed by atoms with Crippen LogP contribution >= 0.6 is 0 Å². The molecule has 76 heavy (non-hydrogen) atoms. The van der Waals surface area contributed by atoms with E-state index in [0.717, 1.165) is 0 Å². The van der Waals surface area contributed by atoms with E-state index in [2.05, 4.69) is 50.8 Å². The second-order valence-electron chi connectivity index (χ2n) is 17.6. The number of nitrogens with one attached hydrogen (secondary N) is 5. The Morgan fingerprint density at radius 2 is 1.01 bits per heavy atom. The van der Waals surface area contributed by atoms with Crippen LogP contribution in [0.25, 0.3) is 11.1 Å². The lowest BCUT2D eigenvalue weighted by molar-refractivity contribution is -0.132. The minimum Gasteiger partial charge on any atom is -0.449 e. The van der Waals surface area contributed by atoms with Gasteiger partial charge < -0.3 is 84.8 Å². The summed E-state index contributed by atoms with van der Waals surface area (Å²) in [6.45, 7) is 11.1. The largest absolute Gasteiger partial charge is 0.449 e. The topological polar surface area (TPSA) is 284 Å². The second-order valence-corrected chi connectivity index (χ2v) is 17.6. The van der Waals surface area contributed by atoms with Crippen LogP contribution in [0, 0.1) is 5.92 Å². The molecule has 8 N–H and O–H groups in total. The normalized spacial score (nSPS) is 12.6. The number of nitrogens with two attached hydrogens (primary N) is 1. The second kappa shape index (κ2) is 38.7. The zero-order valence-corrected chi connectivity index (χ0v) is 44.1. The van der Waals surface area contributed by atoms with E-state index < -0.39 is 41.9 Å². The maximum Gasteiger partial charge on any atom is 0.407 e. The summed E-state index contributed by atoms with van der Waals surface area (Å²) in [6.07, 6.45) is 0.0755. The quantitative estimate of drug-likeness (QED) is 0.0401. The van der Waals surface area contributed by atoms with Crippen molar-refractivity contribution in [3.05, 3.63) is 89.5 Å². The van der Waals surface area contributed by atoms with Gasteiger partial charge in [0.05, 0.1) is 126 Å². The summed E-state index contributed by atoms with van der Waals surface area (Å²) in [5, 5.41) is 22.7. The molecule has 3 aromatic carbocycles. The van der Waals surface area contributed by atoms with E-state index in [-0.39, 0.29) is 57.6 Å². The number of carbonyl (C=O) groups is 5. The van der Waals surface area contributed by atoms with E-state index in [4.69, 9.17) is 53.1 Å². The first-order valence-corrected chi connectivity index (χ1v) is 26.0. The fourth-order valence-electron chi connectivity index (χ4n) is 7.65. The van der Waals surface area contributed by atoms with Crippen molar-refractivity contribution in [3.63, 3.8) is 0 Å². The molecule has 0 radical (unpaired) electrons. The van der Waals surface area contributed by atoms with Crippen LogP contribution in [0.4, 0.5) is 15.3 Å². The first-order valence-electron chi connectivity index (χ1n) is 26.0. The highest BCUT2D eigenvalue weighted by molar-refractivity contribution is 5.98. The highest BCUT2D eigenvalue weighted by Crippen LogP contribution is 2.44. The smallest absolute Gasteiger partial charge is 0.407 e. The van der Waals surface area contributed by atoms with Crippen LogP contribution < -0.4 is 32.3 Å². The molecule has 0 aromatic heterocycles. The average Bonchev–Trinajstić information content (AvgIpc) is 3.74. The highest BCUT2D eigenvalue weighted by Gasteiger charge is 2.30. The molecule has 0 bridgehead atoms. The van der Waals surface area contributed by atoms with Gasteiger partial charge in [0.25, 0.3) is 0 Å². The molecule has 0 spiro atoms. The number of primary amides is 1. The molecule has 3 aromatic rings. The first-order chi connectivity index (χ1) is 37.1. The lowest BCUT2D eigenvalue weighted by Crippen LogP contribution is -2.54. The minimum absolute atomic E-state index is 0.0100. The summed E-state index contributed by atoms with van der Waals surface area (Å²) in [5.41, 5.74) is 11.0. The molecule has 22 nitrogen and oxygen atoms in total. The van der Waals surface area contributed by atoms with Gasteiger partial charge in [-0.2, -0.15) is 0 Å². The van der Waals surface area contributed by atoms with Crippen LogP contribution in [-0.2, 0) is 68.4 Å². The molecule has 0 saturated carbocycles. The van der Waals surface area contributed by atoms with Gasteiger partial charge in [0.15, 0.2) is 0 Å². The third-order valence-electron chi connectivity index (χ3n) is 11.6. The lowest BCUT2D eigenvalue weighted by Gasteiger charge is -2.25. The molecule has 1 aliphatic carbocycles. The van der Waals surface area contributed by atoms with Gasteiger partial charge in [0.2, 0.25) is 17.7 Å². The summed E-state index contributed by atoms with van der Waals surface area (Å²) in [5.74, 6) is -1.69. The zero-order valence-electron chi connectivity index (χ0n) is 44.1. The minimum atomic E-state index is -0.975. The Balaban J connectivity index is 0.859.